The molecule has 2 N–H and O–H groups in total. The van der Waals surface area contributed by atoms with Gasteiger partial charge in [0.2, 0.25) is 0 Å². The van der Waals surface area contributed by atoms with Crippen molar-refractivity contribution in [1.82, 2.24) is 4.90 Å². The van der Waals surface area contributed by atoms with Crippen molar-refractivity contribution in [3.8, 4) is 0 Å². The van der Waals surface area contributed by atoms with E-state index in [2.05, 4.69) is 31.7 Å². The summed E-state index contributed by atoms with van der Waals surface area (Å²) in [5.74, 6) is 1.92. The molecule has 1 heterocycles. The van der Waals surface area contributed by atoms with Crippen molar-refractivity contribution in [2.75, 3.05) is 20.3 Å². The highest BCUT2D eigenvalue weighted by Crippen LogP contribution is 2.30. The fourth-order valence-corrected chi connectivity index (χ4v) is 2.96. The number of rotatable bonds is 10. The Morgan fingerprint density at radius 1 is 1.19 bits per heavy atom. The molecule has 1 rings (SSSR count). The first kappa shape index (κ1) is 18.2. The molecule has 0 saturated heterocycles. The number of furan rings is 1. The molecule has 2 unspecified atom stereocenters. The lowest BCUT2D eigenvalue weighted by Gasteiger charge is -2.39. The number of methoxy groups -OCH3 is 1. The van der Waals surface area contributed by atoms with Crippen LogP contribution in [0.15, 0.2) is 16.5 Å². The summed E-state index contributed by atoms with van der Waals surface area (Å²) in [4.78, 5) is 2.47. The molecular weight excluding hydrogens is 264 g/mol. The van der Waals surface area contributed by atoms with Crippen LogP contribution in [0.4, 0.5) is 0 Å². The Kier molecular flexibility index (Phi) is 8.01. The van der Waals surface area contributed by atoms with Crippen LogP contribution in [-0.4, -0.2) is 37.2 Å². The second-order valence-electron chi connectivity index (χ2n) is 5.67. The van der Waals surface area contributed by atoms with Crippen molar-refractivity contribution >= 4 is 0 Å². The van der Waals surface area contributed by atoms with Crippen molar-refractivity contribution in [1.29, 1.82) is 0 Å². The molecule has 1 aromatic rings. The predicted octanol–water partition coefficient (Wildman–Crippen LogP) is 3.50. The topological polar surface area (TPSA) is 51.6 Å². The van der Waals surface area contributed by atoms with Crippen molar-refractivity contribution in [2.45, 2.75) is 65.1 Å². The number of ether oxygens (including phenoxy) is 1. The summed E-state index contributed by atoms with van der Waals surface area (Å²) in [6.07, 6.45) is 3.13. The molecule has 0 bridgehead atoms. The maximum atomic E-state index is 6.44. The molecule has 0 aromatic carbocycles. The molecule has 0 aliphatic rings. The van der Waals surface area contributed by atoms with Gasteiger partial charge in [-0.25, -0.2) is 0 Å². The minimum absolute atomic E-state index is 0.0630. The van der Waals surface area contributed by atoms with Gasteiger partial charge in [-0.05, 0) is 38.3 Å². The van der Waals surface area contributed by atoms with E-state index in [1.165, 1.54) is 0 Å². The molecule has 0 spiro atoms. The van der Waals surface area contributed by atoms with Crippen LogP contribution >= 0.6 is 0 Å². The van der Waals surface area contributed by atoms with Crippen LogP contribution in [0.5, 0.6) is 0 Å². The molecule has 1 aromatic heterocycles. The Labute approximate surface area is 129 Å². The van der Waals surface area contributed by atoms with E-state index in [4.69, 9.17) is 14.9 Å². The SMILES string of the molecule is CCC(N)C(c1ccc(C)o1)N(CCOC)C(CC)CC. The van der Waals surface area contributed by atoms with Crippen LogP contribution in [-0.2, 0) is 4.74 Å². The van der Waals surface area contributed by atoms with Crippen LogP contribution in [0.1, 0.15) is 57.6 Å². The smallest absolute Gasteiger partial charge is 0.122 e. The minimum atomic E-state index is 0.0630. The Morgan fingerprint density at radius 3 is 2.29 bits per heavy atom. The summed E-state index contributed by atoms with van der Waals surface area (Å²) < 4.78 is 11.2. The van der Waals surface area contributed by atoms with Crippen LogP contribution in [0.25, 0.3) is 0 Å². The lowest BCUT2D eigenvalue weighted by Crippen LogP contribution is -2.47. The summed E-state index contributed by atoms with van der Waals surface area (Å²) in [6.45, 7) is 10.2. The Morgan fingerprint density at radius 2 is 1.86 bits per heavy atom. The van der Waals surface area contributed by atoms with Gasteiger partial charge < -0.3 is 14.9 Å². The first-order valence-corrected chi connectivity index (χ1v) is 8.15. The van der Waals surface area contributed by atoms with Gasteiger partial charge in [-0.1, -0.05) is 20.8 Å². The number of hydrogen-bond donors (Lipinski definition) is 1. The van der Waals surface area contributed by atoms with E-state index in [1.54, 1.807) is 7.11 Å². The fraction of sp³-hybridized carbons (Fsp3) is 0.765. The van der Waals surface area contributed by atoms with E-state index in [9.17, 15) is 0 Å². The van der Waals surface area contributed by atoms with Crippen LogP contribution in [0.3, 0.4) is 0 Å². The van der Waals surface area contributed by atoms with Gasteiger partial charge in [0.05, 0.1) is 12.6 Å². The molecule has 2 atom stereocenters. The molecule has 0 radical (unpaired) electrons. The zero-order chi connectivity index (χ0) is 15.8. The maximum absolute atomic E-state index is 6.44. The largest absolute Gasteiger partial charge is 0.465 e. The van der Waals surface area contributed by atoms with Crippen LogP contribution < -0.4 is 5.73 Å². The molecular formula is C17H32N2O2. The quantitative estimate of drug-likeness (QED) is 0.718. The van der Waals surface area contributed by atoms with Gasteiger partial charge >= 0.3 is 0 Å². The van der Waals surface area contributed by atoms with E-state index < -0.39 is 0 Å². The number of nitrogens with zero attached hydrogens (tertiary/aromatic N) is 1. The molecule has 21 heavy (non-hydrogen) atoms. The zero-order valence-corrected chi connectivity index (χ0v) is 14.3. The van der Waals surface area contributed by atoms with Gasteiger partial charge in [0.15, 0.2) is 0 Å². The van der Waals surface area contributed by atoms with Gasteiger partial charge in [-0.2, -0.15) is 0 Å². The molecule has 0 aliphatic carbocycles. The predicted molar refractivity (Wildman–Crippen MR) is 87.4 cm³/mol. The highest BCUT2D eigenvalue weighted by atomic mass is 16.5. The first-order chi connectivity index (χ1) is 10.1. The summed E-state index contributed by atoms with van der Waals surface area (Å²) in [7, 11) is 1.75. The van der Waals surface area contributed by atoms with Crippen LogP contribution in [0.2, 0.25) is 0 Å². The molecule has 4 nitrogen and oxygen atoms in total. The molecule has 0 saturated carbocycles. The van der Waals surface area contributed by atoms with Gasteiger partial charge in [0.1, 0.15) is 11.5 Å². The number of nitrogens with two attached hydrogens (primary N) is 1. The second kappa shape index (κ2) is 9.23. The van der Waals surface area contributed by atoms with E-state index in [-0.39, 0.29) is 12.1 Å². The van der Waals surface area contributed by atoms with Crippen molar-refractivity contribution in [2.24, 2.45) is 5.73 Å². The molecule has 0 fully saturated rings. The molecule has 122 valence electrons. The summed E-state index contributed by atoms with van der Waals surface area (Å²) in [6, 6.07) is 4.76. The lowest BCUT2D eigenvalue weighted by atomic mass is 9.98. The van der Waals surface area contributed by atoms with Crippen LogP contribution in [0, 0.1) is 6.92 Å². The first-order valence-electron chi connectivity index (χ1n) is 8.15. The van der Waals surface area contributed by atoms with Crippen molar-refractivity contribution in [3.05, 3.63) is 23.7 Å². The highest BCUT2D eigenvalue weighted by molar-refractivity contribution is 5.12. The van der Waals surface area contributed by atoms with Gasteiger partial charge in [0.25, 0.3) is 0 Å². The Balaban J connectivity index is 3.09. The van der Waals surface area contributed by atoms with Crippen molar-refractivity contribution < 1.29 is 9.15 Å². The molecule has 0 aliphatic heterocycles. The van der Waals surface area contributed by atoms with Crippen molar-refractivity contribution in [3.63, 3.8) is 0 Å². The van der Waals surface area contributed by atoms with Gasteiger partial charge in [0, 0.05) is 25.7 Å². The summed E-state index contributed by atoms with van der Waals surface area (Å²) in [5, 5.41) is 0. The van der Waals surface area contributed by atoms with E-state index >= 15 is 0 Å². The Bertz CT molecular complexity index is 388. The van der Waals surface area contributed by atoms with Gasteiger partial charge in [-0.3, -0.25) is 4.90 Å². The second-order valence-corrected chi connectivity index (χ2v) is 5.67. The number of aryl methyl sites for hydroxylation is 1. The van der Waals surface area contributed by atoms with E-state index in [1.807, 2.05) is 13.0 Å². The summed E-state index contributed by atoms with van der Waals surface area (Å²) in [5.41, 5.74) is 6.44. The normalized spacial score (nSPS) is 14.9. The van der Waals surface area contributed by atoms with E-state index in [0.717, 1.165) is 37.3 Å². The maximum Gasteiger partial charge on any atom is 0.122 e. The average Bonchev–Trinajstić information content (AvgIpc) is 2.91. The van der Waals surface area contributed by atoms with E-state index in [0.29, 0.717) is 12.6 Å². The lowest BCUT2D eigenvalue weighted by molar-refractivity contribution is 0.0572. The third kappa shape index (κ3) is 4.83. The Hall–Kier alpha value is -0.840. The minimum Gasteiger partial charge on any atom is -0.465 e. The molecule has 4 heteroatoms. The number of hydrogen-bond acceptors (Lipinski definition) is 4. The third-order valence-electron chi connectivity index (χ3n) is 4.25. The standard InChI is InChI=1S/C17H32N2O2/c1-6-14(7-2)19(11-12-20-5)17(15(18)8-3)16-10-9-13(4)21-16/h9-10,14-15,17H,6-8,11-12,18H2,1-5H3. The molecule has 0 amide bonds. The fourth-order valence-electron chi connectivity index (χ4n) is 2.96. The third-order valence-corrected chi connectivity index (χ3v) is 4.25. The van der Waals surface area contributed by atoms with Gasteiger partial charge in [-0.15, -0.1) is 0 Å². The zero-order valence-electron chi connectivity index (χ0n) is 14.3. The summed E-state index contributed by atoms with van der Waals surface area (Å²) >= 11 is 0. The highest BCUT2D eigenvalue weighted by Gasteiger charge is 2.31. The average molecular weight is 296 g/mol. The monoisotopic (exact) mass is 296 g/mol.